The Balaban J connectivity index is 2.28. The molecule has 0 aromatic heterocycles. The number of rotatable bonds is 6. The van der Waals surface area contributed by atoms with Gasteiger partial charge in [-0.1, -0.05) is 17.7 Å². The highest BCUT2D eigenvalue weighted by atomic mass is 19.1. The highest BCUT2D eigenvalue weighted by Gasteiger charge is 2.14. The van der Waals surface area contributed by atoms with Crippen molar-refractivity contribution in [2.45, 2.75) is 40.4 Å². The lowest BCUT2D eigenvalue weighted by Crippen LogP contribution is -2.13. The first-order valence-electron chi connectivity index (χ1n) is 8.61. The lowest BCUT2D eigenvalue weighted by molar-refractivity contribution is -0.142. The van der Waals surface area contributed by atoms with Gasteiger partial charge in [0.25, 0.3) is 0 Å². The number of halogens is 1. The second-order valence-corrected chi connectivity index (χ2v) is 6.50. The number of nitriles is 1. The number of nitrogens with zero attached hydrogens (tertiary/aromatic N) is 1. The first-order chi connectivity index (χ1) is 12.8. The molecule has 0 aliphatic carbocycles. The Hall–Kier alpha value is -3.13. The summed E-state index contributed by atoms with van der Waals surface area (Å²) in [7, 11) is 0. The average Bonchev–Trinajstić information content (AvgIpc) is 2.61. The molecule has 5 heteroatoms. The van der Waals surface area contributed by atoms with Crippen molar-refractivity contribution in [3.8, 4) is 11.8 Å². The quantitative estimate of drug-likeness (QED) is 0.415. The zero-order valence-electron chi connectivity index (χ0n) is 15.9. The van der Waals surface area contributed by atoms with Gasteiger partial charge < -0.3 is 9.47 Å². The maximum Gasteiger partial charge on any atom is 0.349 e. The Labute approximate surface area is 158 Å². The van der Waals surface area contributed by atoms with Crippen LogP contribution >= 0.6 is 0 Å². The van der Waals surface area contributed by atoms with Gasteiger partial charge in [-0.2, -0.15) is 5.26 Å². The van der Waals surface area contributed by atoms with Gasteiger partial charge in [-0.15, -0.1) is 0 Å². The van der Waals surface area contributed by atoms with Crippen LogP contribution in [0.25, 0.3) is 6.08 Å². The van der Waals surface area contributed by atoms with Crippen molar-refractivity contribution in [2.75, 3.05) is 0 Å². The van der Waals surface area contributed by atoms with Crippen LogP contribution in [0.3, 0.4) is 0 Å². The molecule has 0 fully saturated rings. The summed E-state index contributed by atoms with van der Waals surface area (Å²) in [5.41, 5.74) is 3.49. The van der Waals surface area contributed by atoms with E-state index in [9.17, 15) is 14.4 Å². The van der Waals surface area contributed by atoms with Crippen LogP contribution in [0.2, 0.25) is 0 Å². The number of hydrogen-bond donors (Lipinski definition) is 0. The molecule has 0 heterocycles. The molecule has 0 atom stereocenters. The minimum Gasteiger partial charge on any atom is -0.489 e. The second kappa shape index (κ2) is 9.00. The second-order valence-electron chi connectivity index (χ2n) is 6.50. The lowest BCUT2D eigenvalue weighted by atomic mass is 9.98. The molecule has 0 spiro atoms. The number of carbonyl (C=O) groups excluding carboxylic acids is 1. The molecule has 2 rings (SSSR count). The molecule has 0 N–H and O–H groups in total. The maximum absolute atomic E-state index is 13.0. The monoisotopic (exact) mass is 367 g/mol. The van der Waals surface area contributed by atoms with E-state index in [-0.39, 0.29) is 24.1 Å². The van der Waals surface area contributed by atoms with Crippen molar-refractivity contribution < 1.29 is 18.7 Å². The Bertz CT molecular complexity index is 893. The molecule has 140 valence electrons. The molecule has 0 saturated carbocycles. The zero-order chi connectivity index (χ0) is 20.0. The van der Waals surface area contributed by atoms with Crippen molar-refractivity contribution in [3.05, 3.63) is 70.0 Å². The van der Waals surface area contributed by atoms with Crippen molar-refractivity contribution >= 4 is 12.0 Å². The third kappa shape index (κ3) is 5.68. The summed E-state index contributed by atoms with van der Waals surface area (Å²) in [6, 6.07) is 11.6. The molecular weight excluding hydrogens is 345 g/mol. The summed E-state index contributed by atoms with van der Waals surface area (Å²) in [4.78, 5) is 12.0. The standard InChI is InChI=1S/C22H22FNO3/c1-14(2)27-22(25)18(12-24)11-17-9-15(3)10-19(16(17)4)13-26-21-7-5-20(23)6-8-21/h5-11,14H,13H2,1-4H3. The van der Waals surface area contributed by atoms with Gasteiger partial charge in [0.15, 0.2) is 0 Å². The van der Waals surface area contributed by atoms with Gasteiger partial charge in [0, 0.05) is 0 Å². The van der Waals surface area contributed by atoms with Crippen LogP contribution in [-0.4, -0.2) is 12.1 Å². The van der Waals surface area contributed by atoms with Gasteiger partial charge in [-0.3, -0.25) is 0 Å². The van der Waals surface area contributed by atoms with E-state index in [2.05, 4.69) is 0 Å². The number of hydrogen-bond acceptors (Lipinski definition) is 4. The number of aryl methyl sites for hydroxylation is 1. The fraction of sp³-hybridized carbons (Fsp3) is 0.273. The topological polar surface area (TPSA) is 59.3 Å². The van der Waals surface area contributed by atoms with Crippen LogP contribution in [0.15, 0.2) is 42.0 Å². The summed E-state index contributed by atoms with van der Waals surface area (Å²) in [5.74, 6) is -0.399. The van der Waals surface area contributed by atoms with Gasteiger partial charge in [0.05, 0.1) is 6.10 Å². The maximum atomic E-state index is 13.0. The minimum atomic E-state index is -0.641. The van der Waals surface area contributed by atoms with E-state index in [0.717, 1.165) is 22.3 Å². The minimum absolute atomic E-state index is 0.0530. The average molecular weight is 367 g/mol. The van der Waals surface area contributed by atoms with E-state index < -0.39 is 5.97 Å². The summed E-state index contributed by atoms with van der Waals surface area (Å²) < 4.78 is 23.8. The van der Waals surface area contributed by atoms with E-state index in [0.29, 0.717) is 5.75 Å². The number of benzene rings is 2. The van der Waals surface area contributed by atoms with E-state index in [1.54, 1.807) is 26.0 Å². The first-order valence-corrected chi connectivity index (χ1v) is 8.61. The Morgan fingerprint density at radius 2 is 1.89 bits per heavy atom. The molecule has 2 aromatic rings. The molecule has 4 nitrogen and oxygen atoms in total. The summed E-state index contributed by atoms with van der Waals surface area (Å²) >= 11 is 0. The molecule has 0 aliphatic rings. The SMILES string of the molecule is Cc1cc(C=C(C#N)C(=O)OC(C)C)c(C)c(COc2ccc(F)cc2)c1. The van der Waals surface area contributed by atoms with E-state index >= 15 is 0 Å². The van der Waals surface area contributed by atoms with Gasteiger partial charge in [-0.25, -0.2) is 9.18 Å². The fourth-order valence-corrected chi connectivity index (χ4v) is 2.53. The van der Waals surface area contributed by atoms with E-state index in [1.807, 2.05) is 32.0 Å². The smallest absolute Gasteiger partial charge is 0.349 e. The van der Waals surface area contributed by atoms with Crippen molar-refractivity contribution in [2.24, 2.45) is 0 Å². The van der Waals surface area contributed by atoms with Gasteiger partial charge in [0.1, 0.15) is 29.8 Å². The van der Waals surface area contributed by atoms with E-state index in [1.165, 1.54) is 18.2 Å². The molecule has 0 unspecified atom stereocenters. The van der Waals surface area contributed by atoms with Crippen LogP contribution in [0.5, 0.6) is 5.75 Å². The first kappa shape index (κ1) is 20.2. The predicted molar refractivity (Wildman–Crippen MR) is 101 cm³/mol. The Morgan fingerprint density at radius 3 is 2.48 bits per heavy atom. The van der Waals surface area contributed by atoms with E-state index in [4.69, 9.17) is 9.47 Å². The number of carbonyl (C=O) groups is 1. The molecule has 0 bridgehead atoms. The summed E-state index contributed by atoms with van der Waals surface area (Å²) in [6.45, 7) is 7.58. The number of esters is 1. The van der Waals surface area contributed by atoms with Crippen LogP contribution in [0.4, 0.5) is 4.39 Å². The zero-order valence-corrected chi connectivity index (χ0v) is 15.9. The molecule has 0 saturated heterocycles. The largest absolute Gasteiger partial charge is 0.489 e. The normalized spacial score (nSPS) is 11.2. The third-order valence-electron chi connectivity index (χ3n) is 3.89. The molecule has 2 aromatic carbocycles. The molecule has 0 radical (unpaired) electrons. The van der Waals surface area contributed by atoms with Gasteiger partial charge >= 0.3 is 5.97 Å². The highest BCUT2D eigenvalue weighted by Crippen LogP contribution is 2.22. The summed E-state index contributed by atoms with van der Waals surface area (Å²) in [6.07, 6.45) is 1.24. The molecule has 0 amide bonds. The molecule has 27 heavy (non-hydrogen) atoms. The van der Waals surface area contributed by atoms with Gasteiger partial charge in [-0.05, 0) is 74.7 Å². The van der Waals surface area contributed by atoms with Crippen molar-refractivity contribution in [1.82, 2.24) is 0 Å². The Kier molecular flexibility index (Phi) is 6.73. The lowest BCUT2D eigenvalue weighted by Gasteiger charge is -2.13. The van der Waals surface area contributed by atoms with Crippen molar-refractivity contribution in [3.63, 3.8) is 0 Å². The number of ether oxygens (including phenoxy) is 2. The van der Waals surface area contributed by atoms with Gasteiger partial charge in [0.2, 0.25) is 0 Å². The molecular formula is C22H22FNO3. The van der Waals surface area contributed by atoms with Crippen LogP contribution in [-0.2, 0) is 16.1 Å². The third-order valence-corrected chi connectivity index (χ3v) is 3.89. The molecule has 0 aliphatic heterocycles. The van der Waals surface area contributed by atoms with Crippen LogP contribution < -0.4 is 4.74 Å². The van der Waals surface area contributed by atoms with Crippen LogP contribution in [0, 0.1) is 31.0 Å². The van der Waals surface area contributed by atoms with Crippen LogP contribution in [0.1, 0.15) is 36.1 Å². The Morgan fingerprint density at radius 1 is 1.22 bits per heavy atom. The fourth-order valence-electron chi connectivity index (χ4n) is 2.53. The van der Waals surface area contributed by atoms with Crippen molar-refractivity contribution in [1.29, 1.82) is 5.26 Å². The predicted octanol–water partition coefficient (Wildman–Crippen LogP) is 4.88. The highest BCUT2D eigenvalue weighted by molar-refractivity contribution is 5.98. The summed E-state index contributed by atoms with van der Waals surface area (Å²) in [5, 5.41) is 9.30.